The van der Waals surface area contributed by atoms with Crippen LogP contribution in [0.4, 0.5) is 11.4 Å². The Hall–Kier alpha value is -3.24. The van der Waals surface area contributed by atoms with Crippen molar-refractivity contribution in [2.24, 2.45) is 0 Å². The number of carbonyl (C=O) groups excluding carboxylic acids is 3. The van der Waals surface area contributed by atoms with Gasteiger partial charge in [0.25, 0.3) is 5.91 Å². The third kappa shape index (κ3) is 4.98. The summed E-state index contributed by atoms with van der Waals surface area (Å²) in [6, 6.07) is 12.2. The molecule has 1 heterocycles. The zero-order valence-electron chi connectivity index (χ0n) is 15.6. The summed E-state index contributed by atoms with van der Waals surface area (Å²) < 4.78 is 26.7. The van der Waals surface area contributed by atoms with Crippen molar-refractivity contribution < 1.29 is 22.8 Å². The van der Waals surface area contributed by atoms with E-state index in [9.17, 15) is 22.8 Å². The lowest BCUT2D eigenvalue weighted by molar-refractivity contribution is -0.122. The van der Waals surface area contributed by atoms with Gasteiger partial charge in [0.1, 0.15) is 0 Å². The molecule has 1 fully saturated rings. The number of sulfonamides is 1. The smallest absolute Gasteiger partial charge is 0.255 e. The molecule has 0 radical (unpaired) electrons. The Morgan fingerprint density at radius 1 is 1.03 bits per heavy atom. The molecule has 2 aromatic rings. The average Bonchev–Trinajstić information content (AvgIpc) is 2.68. The van der Waals surface area contributed by atoms with Crippen molar-refractivity contribution in [3.8, 4) is 0 Å². The first-order chi connectivity index (χ1) is 13.8. The van der Waals surface area contributed by atoms with Crippen molar-refractivity contribution in [2.75, 3.05) is 30.3 Å². The average molecular weight is 416 g/mol. The van der Waals surface area contributed by atoms with Gasteiger partial charge in [-0.25, -0.2) is 8.42 Å². The summed E-state index contributed by atoms with van der Waals surface area (Å²) in [7, 11) is -3.90. The van der Waals surface area contributed by atoms with Gasteiger partial charge in [-0.3, -0.25) is 14.4 Å². The second-order valence-corrected chi connectivity index (χ2v) is 8.37. The number of nitrogens with zero attached hydrogens (tertiary/aromatic N) is 1. The minimum absolute atomic E-state index is 0.0631. The first-order valence-corrected chi connectivity index (χ1v) is 10.3. The molecule has 0 bridgehead atoms. The van der Waals surface area contributed by atoms with Gasteiger partial charge in [0.05, 0.1) is 11.4 Å². The fourth-order valence-corrected chi connectivity index (χ4v) is 4.29. The molecule has 0 unspecified atom stereocenters. The summed E-state index contributed by atoms with van der Waals surface area (Å²) in [4.78, 5) is 35.2. The molecule has 2 aromatic carbocycles. The highest BCUT2D eigenvalue weighted by Crippen LogP contribution is 2.20. The molecule has 29 heavy (non-hydrogen) atoms. The molecule has 9 nitrogen and oxygen atoms in total. The van der Waals surface area contributed by atoms with Crippen LogP contribution in [0.5, 0.6) is 0 Å². The number of anilines is 2. The zero-order valence-corrected chi connectivity index (χ0v) is 16.5. The Labute approximate surface area is 168 Å². The highest BCUT2D eigenvalue weighted by Gasteiger charge is 2.29. The summed E-state index contributed by atoms with van der Waals surface area (Å²) in [5.74, 6) is -1.11. The van der Waals surface area contributed by atoms with E-state index in [0.29, 0.717) is 11.4 Å². The van der Waals surface area contributed by atoms with E-state index in [0.717, 1.165) is 4.31 Å². The molecule has 3 rings (SSSR count). The van der Waals surface area contributed by atoms with Crippen LogP contribution in [-0.2, 0) is 19.6 Å². The maximum atomic E-state index is 12.8. The van der Waals surface area contributed by atoms with E-state index in [-0.39, 0.29) is 41.9 Å². The van der Waals surface area contributed by atoms with E-state index in [4.69, 9.17) is 0 Å². The first-order valence-electron chi connectivity index (χ1n) is 8.81. The number of amides is 3. The molecule has 0 spiro atoms. The van der Waals surface area contributed by atoms with Gasteiger partial charge in [-0.2, -0.15) is 4.31 Å². The lowest BCUT2D eigenvalue weighted by Crippen LogP contribution is -2.49. The van der Waals surface area contributed by atoms with Gasteiger partial charge < -0.3 is 16.0 Å². The van der Waals surface area contributed by atoms with Gasteiger partial charge in [-0.05, 0) is 36.4 Å². The maximum Gasteiger partial charge on any atom is 0.255 e. The molecule has 152 valence electrons. The lowest BCUT2D eigenvalue weighted by Gasteiger charge is -2.26. The highest BCUT2D eigenvalue weighted by atomic mass is 32.2. The van der Waals surface area contributed by atoms with Crippen LogP contribution in [0.25, 0.3) is 0 Å². The van der Waals surface area contributed by atoms with Gasteiger partial charge >= 0.3 is 0 Å². The summed E-state index contributed by atoms with van der Waals surface area (Å²) in [6.45, 7) is 1.53. The van der Waals surface area contributed by atoms with E-state index in [2.05, 4.69) is 16.0 Å². The van der Waals surface area contributed by atoms with Crippen LogP contribution in [0.1, 0.15) is 17.3 Å². The standard InChI is InChI=1S/C19H20N4O5S/c1-13(24)21-15-5-3-6-16(11-15)22-19(26)14-4-2-7-17(10-14)29(27,28)23-9-8-20-18(25)12-23/h2-7,10-11H,8-9,12H2,1H3,(H,20,25)(H,21,24)(H,22,26). The number of nitrogens with one attached hydrogen (secondary N) is 3. The van der Waals surface area contributed by atoms with Crippen molar-refractivity contribution in [1.82, 2.24) is 9.62 Å². The molecule has 0 aromatic heterocycles. The van der Waals surface area contributed by atoms with E-state index in [1.807, 2.05) is 0 Å². The fraction of sp³-hybridized carbons (Fsp3) is 0.211. The number of piperazine rings is 1. The van der Waals surface area contributed by atoms with Crippen LogP contribution in [0.15, 0.2) is 53.4 Å². The van der Waals surface area contributed by atoms with E-state index >= 15 is 0 Å². The van der Waals surface area contributed by atoms with Crippen molar-refractivity contribution in [3.63, 3.8) is 0 Å². The Bertz CT molecular complexity index is 1070. The predicted molar refractivity (Wildman–Crippen MR) is 107 cm³/mol. The van der Waals surface area contributed by atoms with Gasteiger partial charge in [0, 0.05) is 37.0 Å². The quantitative estimate of drug-likeness (QED) is 0.671. The second kappa shape index (κ2) is 8.41. The van der Waals surface area contributed by atoms with Crippen LogP contribution < -0.4 is 16.0 Å². The predicted octanol–water partition coefficient (Wildman–Crippen LogP) is 1.02. The zero-order chi connectivity index (χ0) is 21.0. The Morgan fingerprint density at radius 2 is 1.72 bits per heavy atom. The van der Waals surface area contributed by atoms with E-state index in [1.54, 1.807) is 24.3 Å². The van der Waals surface area contributed by atoms with E-state index < -0.39 is 15.9 Å². The summed E-state index contributed by atoms with van der Waals surface area (Å²) in [5, 5.41) is 7.87. The molecule has 0 saturated carbocycles. The van der Waals surface area contributed by atoms with Gasteiger partial charge in [0.2, 0.25) is 21.8 Å². The Morgan fingerprint density at radius 3 is 2.41 bits per heavy atom. The molecule has 0 atom stereocenters. The molecule has 3 amide bonds. The number of benzene rings is 2. The molecule has 3 N–H and O–H groups in total. The minimum atomic E-state index is -3.90. The molecule has 1 aliphatic heterocycles. The number of hydrogen-bond donors (Lipinski definition) is 3. The van der Waals surface area contributed by atoms with Crippen molar-refractivity contribution >= 4 is 39.1 Å². The topological polar surface area (TPSA) is 125 Å². The third-order valence-corrected chi connectivity index (χ3v) is 6.02. The number of hydrogen-bond acceptors (Lipinski definition) is 5. The number of rotatable bonds is 5. The second-order valence-electron chi connectivity index (χ2n) is 6.43. The molecule has 1 aliphatic rings. The van der Waals surface area contributed by atoms with Gasteiger partial charge in [-0.15, -0.1) is 0 Å². The van der Waals surface area contributed by atoms with Crippen LogP contribution in [0.2, 0.25) is 0 Å². The molecular formula is C19H20N4O5S. The SMILES string of the molecule is CC(=O)Nc1cccc(NC(=O)c2cccc(S(=O)(=O)N3CCNC(=O)C3)c2)c1. The van der Waals surface area contributed by atoms with Crippen LogP contribution in [0.3, 0.4) is 0 Å². The summed E-state index contributed by atoms with van der Waals surface area (Å²) in [5.41, 5.74) is 1.12. The van der Waals surface area contributed by atoms with Gasteiger partial charge in [0.15, 0.2) is 0 Å². The minimum Gasteiger partial charge on any atom is -0.354 e. The number of carbonyl (C=O) groups is 3. The van der Waals surface area contributed by atoms with Crippen molar-refractivity contribution in [3.05, 3.63) is 54.1 Å². The maximum absolute atomic E-state index is 12.8. The largest absolute Gasteiger partial charge is 0.354 e. The Balaban J connectivity index is 1.79. The monoisotopic (exact) mass is 416 g/mol. The normalized spacial score (nSPS) is 14.7. The van der Waals surface area contributed by atoms with Crippen LogP contribution >= 0.6 is 0 Å². The first kappa shape index (κ1) is 20.5. The van der Waals surface area contributed by atoms with Crippen LogP contribution in [0, 0.1) is 0 Å². The molecule has 1 saturated heterocycles. The van der Waals surface area contributed by atoms with Gasteiger partial charge in [-0.1, -0.05) is 12.1 Å². The lowest BCUT2D eigenvalue weighted by atomic mass is 10.2. The molecular weight excluding hydrogens is 396 g/mol. The third-order valence-electron chi connectivity index (χ3n) is 4.18. The summed E-state index contributed by atoms with van der Waals surface area (Å²) in [6.07, 6.45) is 0. The van der Waals surface area contributed by atoms with Crippen molar-refractivity contribution in [1.29, 1.82) is 0 Å². The highest BCUT2D eigenvalue weighted by molar-refractivity contribution is 7.89. The van der Waals surface area contributed by atoms with Crippen LogP contribution in [-0.4, -0.2) is 50.1 Å². The Kier molecular flexibility index (Phi) is 5.95. The fourth-order valence-electron chi connectivity index (χ4n) is 2.85. The van der Waals surface area contributed by atoms with E-state index in [1.165, 1.54) is 31.2 Å². The summed E-state index contributed by atoms with van der Waals surface area (Å²) >= 11 is 0. The van der Waals surface area contributed by atoms with Crippen molar-refractivity contribution in [2.45, 2.75) is 11.8 Å². The molecule has 10 heteroatoms. The molecule has 0 aliphatic carbocycles.